The number of hydrogen-bond acceptors (Lipinski definition) is 5. The third-order valence-corrected chi connectivity index (χ3v) is 6.44. The summed E-state index contributed by atoms with van der Waals surface area (Å²) in [7, 11) is 0. The second-order valence-electron chi connectivity index (χ2n) is 6.80. The Labute approximate surface area is 199 Å². The van der Waals surface area contributed by atoms with Crippen molar-refractivity contribution < 1.29 is 4.74 Å². The van der Waals surface area contributed by atoms with Crippen molar-refractivity contribution >= 4 is 74.4 Å². The van der Waals surface area contributed by atoms with Crippen LogP contribution in [0.15, 0.2) is 47.6 Å². The van der Waals surface area contributed by atoms with Crippen molar-refractivity contribution in [2.45, 2.75) is 12.5 Å². The molecule has 1 atom stereocenters. The number of benzene rings is 2. The topological polar surface area (TPSA) is 40.1 Å². The molecule has 0 amide bonds. The zero-order valence-electron chi connectivity index (χ0n) is 15.4. The van der Waals surface area contributed by atoms with E-state index in [1.54, 1.807) is 6.07 Å². The lowest BCUT2D eigenvalue weighted by Gasteiger charge is -2.27. The van der Waals surface area contributed by atoms with Gasteiger partial charge in [-0.1, -0.05) is 47.6 Å². The average molecular weight is 561 g/mol. The lowest BCUT2D eigenvalue weighted by Crippen LogP contribution is -2.49. The van der Waals surface area contributed by atoms with Crippen LogP contribution in [-0.2, 0) is 4.74 Å². The largest absolute Gasteiger partial charge is 0.379 e. The third kappa shape index (κ3) is 5.03. The molecular formula is C20H19Cl2IN4OS. The molecule has 29 heavy (non-hydrogen) atoms. The molecule has 2 aliphatic heterocycles. The van der Waals surface area contributed by atoms with E-state index in [-0.39, 0.29) is 6.04 Å². The predicted octanol–water partition coefficient (Wildman–Crippen LogP) is 5.07. The van der Waals surface area contributed by atoms with Crippen LogP contribution in [-0.4, -0.2) is 42.0 Å². The summed E-state index contributed by atoms with van der Waals surface area (Å²) in [5.41, 5.74) is 6.11. The van der Waals surface area contributed by atoms with E-state index in [2.05, 4.69) is 57.3 Å². The van der Waals surface area contributed by atoms with Crippen molar-refractivity contribution in [2.24, 2.45) is 5.10 Å². The Balaban J connectivity index is 1.62. The minimum absolute atomic E-state index is 0.00474. The first-order valence-corrected chi connectivity index (χ1v) is 11.5. The van der Waals surface area contributed by atoms with Crippen LogP contribution in [0.4, 0.5) is 5.69 Å². The highest BCUT2D eigenvalue weighted by molar-refractivity contribution is 14.1. The monoisotopic (exact) mass is 560 g/mol. The number of halogens is 3. The fourth-order valence-electron chi connectivity index (χ4n) is 3.36. The van der Waals surface area contributed by atoms with Gasteiger partial charge >= 0.3 is 0 Å². The Kier molecular flexibility index (Phi) is 6.93. The van der Waals surface area contributed by atoms with Gasteiger partial charge in [-0.2, -0.15) is 5.10 Å². The molecule has 2 aliphatic rings. The molecular weight excluding hydrogens is 542 g/mol. The number of nitrogens with one attached hydrogen (secondary N) is 1. The van der Waals surface area contributed by atoms with Crippen molar-refractivity contribution in [3.63, 3.8) is 0 Å². The quantitative estimate of drug-likeness (QED) is 0.417. The summed E-state index contributed by atoms with van der Waals surface area (Å²) in [5.74, 6) is 0. The van der Waals surface area contributed by atoms with Crippen LogP contribution in [0.1, 0.15) is 18.0 Å². The molecule has 2 aromatic carbocycles. The molecule has 2 heterocycles. The maximum atomic E-state index is 6.50. The fraction of sp³-hybridized carbons (Fsp3) is 0.300. The van der Waals surface area contributed by atoms with E-state index >= 15 is 0 Å². The smallest absolute Gasteiger partial charge is 0.137 e. The molecule has 0 radical (unpaired) electrons. The van der Waals surface area contributed by atoms with Crippen molar-refractivity contribution in [2.75, 3.05) is 31.3 Å². The zero-order valence-corrected chi connectivity index (χ0v) is 19.9. The molecule has 0 spiro atoms. The normalized spacial score (nSPS) is 19.9. The van der Waals surface area contributed by atoms with Gasteiger partial charge < -0.3 is 10.2 Å². The van der Waals surface area contributed by atoms with Crippen molar-refractivity contribution in [1.29, 1.82) is 0 Å². The minimum Gasteiger partial charge on any atom is -0.379 e. The number of nitrogens with zero attached hydrogens (tertiary/aromatic N) is 3. The zero-order chi connectivity index (χ0) is 20.4. The minimum atomic E-state index is 0.00474. The standard InChI is InChI=1S/C20H19Cl2IN4OS/c21-14-3-6-18(16(22)11-14)27-19(13-1-4-15(23)5-2-13)12-17(24-27)20(29)25-26-7-9-28-10-8-26/h1-6,11,19H,7-10,12H2,(H,25,29). The number of thiocarbonyl (C=S) groups is 1. The Morgan fingerprint density at radius 1 is 1.14 bits per heavy atom. The third-order valence-electron chi connectivity index (χ3n) is 4.85. The number of rotatable bonds is 4. The van der Waals surface area contributed by atoms with Crippen molar-refractivity contribution in [1.82, 2.24) is 10.4 Å². The van der Waals surface area contributed by atoms with Gasteiger partial charge in [-0.15, -0.1) is 0 Å². The van der Waals surface area contributed by atoms with Gasteiger partial charge in [0, 0.05) is 28.1 Å². The van der Waals surface area contributed by atoms with Crippen LogP contribution in [0.2, 0.25) is 10.0 Å². The molecule has 4 rings (SSSR count). The second kappa shape index (κ2) is 9.45. The summed E-state index contributed by atoms with van der Waals surface area (Å²) in [5, 5.41) is 10.0. The van der Waals surface area contributed by atoms with Gasteiger partial charge in [0.05, 0.1) is 35.7 Å². The summed E-state index contributed by atoms with van der Waals surface area (Å²) in [6.07, 6.45) is 0.690. The van der Waals surface area contributed by atoms with E-state index in [1.807, 2.05) is 17.1 Å². The lowest BCUT2D eigenvalue weighted by molar-refractivity contribution is 0.0255. The number of hydrazone groups is 1. The van der Waals surface area contributed by atoms with Crippen LogP contribution in [0.5, 0.6) is 0 Å². The molecule has 1 unspecified atom stereocenters. The van der Waals surface area contributed by atoms with Crippen LogP contribution < -0.4 is 10.4 Å². The number of morpholine rings is 1. The average Bonchev–Trinajstić information content (AvgIpc) is 3.14. The van der Waals surface area contributed by atoms with E-state index < -0.39 is 0 Å². The van der Waals surface area contributed by atoms with Gasteiger partial charge in [-0.25, -0.2) is 5.01 Å². The molecule has 0 aromatic heterocycles. The fourth-order valence-corrected chi connectivity index (χ4v) is 4.47. The molecule has 0 aliphatic carbocycles. The summed E-state index contributed by atoms with van der Waals surface area (Å²) in [6, 6.07) is 13.9. The second-order valence-corrected chi connectivity index (χ2v) is 9.30. The van der Waals surface area contributed by atoms with Gasteiger partial charge in [0.1, 0.15) is 4.99 Å². The number of hydrogen-bond donors (Lipinski definition) is 1. The van der Waals surface area contributed by atoms with Crippen molar-refractivity contribution in [3.05, 3.63) is 61.6 Å². The molecule has 2 aromatic rings. The van der Waals surface area contributed by atoms with E-state index in [4.69, 9.17) is 45.3 Å². The van der Waals surface area contributed by atoms with Crippen LogP contribution in [0.25, 0.3) is 0 Å². The SMILES string of the molecule is S=C(NN1CCOCC1)C1=NN(c2ccc(Cl)cc2Cl)C(c2ccc(I)cc2)C1. The highest BCUT2D eigenvalue weighted by atomic mass is 127. The van der Waals surface area contributed by atoms with Gasteiger partial charge in [-0.05, 0) is 58.5 Å². The van der Waals surface area contributed by atoms with Crippen molar-refractivity contribution in [3.8, 4) is 0 Å². The number of ether oxygens (including phenoxy) is 1. The Bertz CT molecular complexity index is 935. The molecule has 1 fully saturated rings. The molecule has 9 heteroatoms. The molecule has 0 saturated carbocycles. The maximum Gasteiger partial charge on any atom is 0.137 e. The van der Waals surface area contributed by atoms with E-state index in [1.165, 1.54) is 3.57 Å². The summed E-state index contributed by atoms with van der Waals surface area (Å²) in [6.45, 7) is 2.97. The highest BCUT2D eigenvalue weighted by Crippen LogP contribution is 2.39. The molecule has 152 valence electrons. The van der Waals surface area contributed by atoms with Crippen LogP contribution in [0, 0.1) is 3.57 Å². The number of hydrazine groups is 1. The van der Waals surface area contributed by atoms with E-state index in [0.717, 1.165) is 30.1 Å². The predicted molar refractivity (Wildman–Crippen MR) is 131 cm³/mol. The van der Waals surface area contributed by atoms with Crippen LogP contribution in [0.3, 0.4) is 0 Å². The first-order chi connectivity index (χ1) is 14.0. The van der Waals surface area contributed by atoms with Gasteiger partial charge in [-0.3, -0.25) is 5.01 Å². The summed E-state index contributed by atoms with van der Waals surface area (Å²) in [4.78, 5) is 0.634. The molecule has 1 N–H and O–H groups in total. The van der Waals surface area contributed by atoms with Gasteiger partial charge in [0.2, 0.25) is 0 Å². The molecule has 5 nitrogen and oxygen atoms in total. The Morgan fingerprint density at radius 3 is 2.55 bits per heavy atom. The molecule has 0 bridgehead atoms. The first kappa shape index (κ1) is 21.3. The number of anilines is 1. The van der Waals surface area contributed by atoms with Crippen LogP contribution >= 0.6 is 58.0 Å². The Hall–Kier alpha value is -0.970. The lowest BCUT2D eigenvalue weighted by atomic mass is 10.0. The molecule has 1 saturated heterocycles. The highest BCUT2D eigenvalue weighted by Gasteiger charge is 2.32. The van der Waals surface area contributed by atoms with E-state index in [9.17, 15) is 0 Å². The first-order valence-electron chi connectivity index (χ1n) is 9.22. The van der Waals surface area contributed by atoms with Gasteiger partial charge in [0.15, 0.2) is 0 Å². The Morgan fingerprint density at radius 2 is 1.86 bits per heavy atom. The summed E-state index contributed by atoms with van der Waals surface area (Å²) < 4.78 is 6.59. The van der Waals surface area contributed by atoms with E-state index in [0.29, 0.717) is 34.7 Å². The maximum absolute atomic E-state index is 6.50. The van der Waals surface area contributed by atoms with Gasteiger partial charge in [0.25, 0.3) is 0 Å². The summed E-state index contributed by atoms with van der Waals surface area (Å²) >= 11 is 20.6.